The molecule has 0 aliphatic carbocycles. The summed E-state index contributed by atoms with van der Waals surface area (Å²) in [4.78, 5) is 0. The van der Waals surface area contributed by atoms with Crippen LogP contribution in [0, 0.1) is 0 Å². The van der Waals surface area contributed by atoms with E-state index in [1.54, 1.807) is 18.2 Å². The number of benzene rings is 1. The number of hydrogen-bond acceptors (Lipinski definition) is 3. The van der Waals surface area contributed by atoms with Gasteiger partial charge in [-0.3, -0.25) is 0 Å². The van der Waals surface area contributed by atoms with E-state index in [2.05, 4.69) is 0 Å². The van der Waals surface area contributed by atoms with E-state index in [0.29, 0.717) is 30.4 Å². The van der Waals surface area contributed by atoms with Crippen LogP contribution in [0.2, 0.25) is 5.02 Å². The van der Waals surface area contributed by atoms with Crippen molar-refractivity contribution < 1.29 is 14.6 Å². The minimum Gasteiger partial charge on any atom is -0.485 e. The lowest BCUT2D eigenvalue weighted by Crippen LogP contribution is -2.42. The van der Waals surface area contributed by atoms with Crippen molar-refractivity contribution in [1.82, 2.24) is 0 Å². The van der Waals surface area contributed by atoms with E-state index in [0.717, 1.165) is 5.56 Å². The highest BCUT2D eigenvalue weighted by Gasteiger charge is 2.36. The molecule has 2 atom stereocenters. The zero-order valence-electron chi connectivity index (χ0n) is 10.1. The standard InChI is InChI=1S/C13H17ClO3/c1-3-16-8-13(2)7-11(15)10-6-9(14)4-5-12(10)17-13/h4-6,11,15H,3,7-8H2,1-2H3/t11-,13?/m1/s1. The van der Waals surface area contributed by atoms with E-state index in [1.165, 1.54) is 0 Å². The van der Waals surface area contributed by atoms with E-state index >= 15 is 0 Å². The van der Waals surface area contributed by atoms with Crippen molar-refractivity contribution in [2.75, 3.05) is 13.2 Å². The normalized spacial score (nSPS) is 27.4. The van der Waals surface area contributed by atoms with Crippen molar-refractivity contribution in [1.29, 1.82) is 0 Å². The SMILES string of the molecule is CCOCC1(C)C[C@@H](O)c2cc(Cl)ccc2O1. The highest BCUT2D eigenvalue weighted by Crippen LogP contribution is 2.40. The fourth-order valence-corrected chi connectivity index (χ4v) is 2.29. The van der Waals surface area contributed by atoms with Crippen LogP contribution in [-0.4, -0.2) is 23.9 Å². The van der Waals surface area contributed by atoms with Crippen molar-refractivity contribution in [3.8, 4) is 5.75 Å². The molecule has 0 spiro atoms. The first-order chi connectivity index (χ1) is 8.04. The number of halogens is 1. The summed E-state index contributed by atoms with van der Waals surface area (Å²) in [6, 6.07) is 5.31. The molecule has 3 nitrogen and oxygen atoms in total. The lowest BCUT2D eigenvalue weighted by molar-refractivity contribution is -0.0574. The van der Waals surface area contributed by atoms with Crippen molar-refractivity contribution in [2.24, 2.45) is 0 Å². The molecule has 94 valence electrons. The van der Waals surface area contributed by atoms with Gasteiger partial charge in [-0.2, -0.15) is 0 Å². The Kier molecular flexibility index (Phi) is 3.61. The number of fused-ring (bicyclic) bond motifs is 1. The Morgan fingerprint density at radius 1 is 1.59 bits per heavy atom. The van der Waals surface area contributed by atoms with E-state index in [1.807, 2.05) is 13.8 Å². The summed E-state index contributed by atoms with van der Waals surface area (Å²) in [7, 11) is 0. The molecular formula is C13H17ClO3. The third kappa shape index (κ3) is 2.73. The topological polar surface area (TPSA) is 38.7 Å². The molecule has 17 heavy (non-hydrogen) atoms. The number of rotatable bonds is 3. The maximum atomic E-state index is 10.1. The van der Waals surface area contributed by atoms with Gasteiger partial charge in [0.05, 0.1) is 12.7 Å². The summed E-state index contributed by atoms with van der Waals surface area (Å²) in [5.74, 6) is 0.690. The lowest BCUT2D eigenvalue weighted by atomic mass is 9.91. The van der Waals surface area contributed by atoms with Gasteiger partial charge in [0.25, 0.3) is 0 Å². The van der Waals surface area contributed by atoms with Crippen LogP contribution in [0.4, 0.5) is 0 Å². The largest absolute Gasteiger partial charge is 0.485 e. The Morgan fingerprint density at radius 3 is 3.06 bits per heavy atom. The quantitative estimate of drug-likeness (QED) is 0.904. The Morgan fingerprint density at radius 2 is 2.35 bits per heavy atom. The minimum absolute atomic E-state index is 0.475. The molecule has 0 saturated heterocycles. The van der Waals surface area contributed by atoms with Gasteiger partial charge in [-0.05, 0) is 32.0 Å². The summed E-state index contributed by atoms with van der Waals surface area (Å²) in [5.41, 5.74) is 0.280. The predicted molar refractivity (Wildman–Crippen MR) is 66.6 cm³/mol. The van der Waals surface area contributed by atoms with Crippen molar-refractivity contribution in [3.63, 3.8) is 0 Å². The fourth-order valence-electron chi connectivity index (χ4n) is 2.11. The van der Waals surface area contributed by atoms with Crippen LogP contribution >= 0.6 is 11.6 Å². The molecule has 1 N–H and O–H groups in total. The van der Waals surface area contributed by atoms with Crippen molar-refractivity contribution >= 4 is 11.6 Å². The second-order valence-corrected chi connectivity index (χ2v) is 5.03. The first-order valence-electron chi connectivity index (χ1n) is 5.78. The molecular weight excluding hydrogens is 240 g/mol. The molecule has 0 amide bonds. The number of hydrogen-bond donors (Lipinski definition) is 1. The van der Waals surface area contributed by atoms with Crippen LogP contribution in [0.5, 0.6) is 5.75 Å². The Balaban J connectivity index is 2.23. The highest BCUT2D eigenvalue weighted by atomic mass is 35.5. The third-order valence-electron chi connectivity index (χ3n) is 2.92. The lowest BCUT2D eigenvalue weighted by Gasteiger charge is -2.38. The molecule has 2 rings (SSSR count). The Hall–Kier alpha value is -0.770. The van der Waals surface area contributed by atoms with Gasteiger partial charge in [0.2, 0.25) is 0 Å². The molecule has 0 radical (unpaired) electrons. The van der Waals surface area contributed by atoms with Gasteiger partial charge in [0, 0.05) is 23.6 Å². The zero-order chi connectivity index (χ0) is 12.5. The monoisotopic (exact) mass is 256 g/mol. The van der Waals surface area contributed by atoms with Crippen molar-refractivity contribution in [3.05, 3.63) is 28.8 Å². The average molecular weight is 257 g/mol. The average Bonchev–Trinajstić information content (AvgIpc) is 2.28. The fraction of sp³-hybridized carbons (Fsp3) is 0.538. The molecule has 1 unspecified atom stereocenters. The van der Waals surface area contributed by atoms with Gasteiger partial charge in [-0.15, -0.1) is 0 Å². The summed E-state index contributed by atoms with van der Waals surface area (Å²) < 4.78 is 11.3. The van der Waals surface area contributed by atoms with E-state index < -0.39 is 11.7 Å². The smallest absolute Gasteiger partial charge is 0.132 e. The molecule has 0 bridgehead atoms. The van der Waals surface area contributed by atoms with Crippen molar-refractivity contribution in [2.45, 2.75) is 32.0 Å². The van der Waals surface area contributed by atoms with Gasteiger partial charge < -0.3 is 14.6 Å². The number of aliphatic hydroxyl groups is 1. The first-order valence-corrected chi connectivity index (χ1v) is 6.16. The molecule has 1 aromatic rings. The van der Waals surface area contributed by atoms with Gasteiger partial charge in [-0.25, -0.2) is 0 Å². The van der Waals surface area contributed by atoms with Crippen LogP contribution in [0.15, 0.2) is 18.2 Å². The predicted octanol–water partition coefficient (Wildman–Crippen LogP) is 2.95. The van der Waals surface area contributed by atoms with E-state index in [-0.39, 0.29) is 0 Å². The number of aliphatic hydroxyl groups excluding tert-OH is 1. The molecule has 0 fully saturated rings. The van der Waals surface area contributed by atoms with Gasteiger partial charge in [0.15, 0.2) is 0 Å². The number of ether oxygens (including phenoxy) is 2. The Labute approximate surface area is 106 Å². The van der Waals surface area contributed by atoms with Crippen LogP contribution in [0.1, 0.15) is 31.9 Å². The van der Waals surface area contributed by atoms with Gasteiger partial charge in [0.1, 0.15) is 11.4 Å². The second-order valence-electron chi connectivity index (χ2n) is 4.59. The van der Waals surface area contributed by atoms with E-state index in [9.17, 15) is 5.11 Å². The summed E-state index contributed by atoms with van der Waals surface area (Å²) in [6.45, 7) is 5.00. The van der Waals surface area contributed by atoms with Gasteiger partial charge in [-0.1, -0.05) is 11.6 Å². The maximum Gasteiger partial charge on any atom is 0.132 e. The van der Waals surface area contributed by atoms with Crippen LogP contribution in [-0.2, 0) is 4.74 Å². The maximum absolute atomic E-state index is 10.1. The van der Waals surface area contributed by atoms with Crippen LogP contribution in [0.25, 0.3) is 0 Å². The molecule has 1 aliphatic heterocycles. The third-order valence-corrected chi connectivity index (χ3v) is 3.16. The van der Waals surface area contributed by atoms with Gasteiger partial charge >= 0.3 is 0 Å². The first kappa shape index (κ1) is 12.7. The molecule has 1 heterocycles. The second kappa shape index (κ2) is 4.84. The Bertz CT molecular complexity index is 408. The van der Waals surface area contributed by atoms with E-state index in [4.69, 9.17) is 21.1 Å². The summed E-state index contributed by atoms with van der Waals surface area (Å²) >= 11 is 5.91. The summed E-state index contributed by atoms with van der Waals surface area (Å²) in [6.07, 6.45) is -0.0386. The van der Waals surface area contributed by atoms with Crippen LogP contribution in [0.3, 0.4) is 0 Å². The zero-order valence-corrected chi connectivity index (χ0v) is 10.8. The summed E-state index contributed by atoms with van der Waals surface area (Å²) in [5, 5.41) is 10.7. The molecule has 4 heteroatoms. The molecule has 0 saturated carbocycles. The molecule has 1 aromatic carbocycles. The molecule has 0 aromatic heterocycles. The highest BCUT2D eigenvalue weighted by molar-refractivity contribution is 6.30. The molecule has 1 aliphatic rings. The van der Waals surface area contributed by atoms with Crippen LogP contribution < -0.4 is 4.74 Å². The minimum atomic E-state index is -0.553.